The Labute approximate surface area is 129 Å². The Morgan fingerprint density at radius 3 is 2.57 bits per heavy atom. The lowest BCUT2D eigenvalue weighted by molar-refractivity contribution is -0.138. The number of carboxylic acid groups (broad SMARTS) is 1. The van der Waals surface area contributed by atoms with Crippen LogP contribution in [0.25, 0.3) is 0 Å². The SMILES string of the molecule is CCCS(=O)(=O)c1ccccc1SCC1(CC(=O)O)CC1. The van der Waals surface area contributed by atoms with Gasteiger partial charge < -0.3 is 5.11 Å². The maximum absolute atomic E-state index is 12.3. The molecule has 0 bridgehead atoms. The van der Waals surface area contributed by atoms with Gasteiger partial charge in [0.1, 0.15) is 0 Å². The Bertz CT molecular complexity index is 618. The summed E-state index contributed by atoms with van der Waals surface area (Å²) in [7, 11) is -3.25. The van der Waals surface area contributed by atoms with Crippen molar-refractivity contribution in [3.8, 4) is 0 Å². The first kappa shape index (κ1) is 16.4. The highest BCUT2D eigenvalue weighted by Crippen LogP contribution is 2.52. The summed E-state index contributed by atoms with van der Waals surface area (Å²) < 4.78 is 24.5. The molecule has 2 rings (SSSR count). The molecule has 0 heterocycles. The molecule has 0 aliphatic heterocycles. The van der Waals surface area contributed by atoms with Crippen molar-refractivity contribution in [3.63, 3.8) is 0 Å². The third-order valence-electron chi connectivity index (χ3n) is 3.67. The van der Waals surface area contributed by atoms with Crippen molar-refractivity contribution in [2.75, 3.05) is 11.5 Å². The van der Waals surface area contributed by atoms with Crippen molar-refractivity contribution < 1.29 is 18.3 Å². The Morgan fingerprint density at radius 1 is 1.33 bits per heavy atom. The van der Waals surface area contributed by atoms with Gasteiger partial charge in [-0.3, -0.25) is 4.79 Å². The molecule has 1 aromatic rings. The molecule has 1 aromatic carbocycles. The molecule has 21 heavy (non-hydrogen) atoms. The third kappa shape index (κ3) is 4.23. The van der Waals surface area contributed by atoms with E-state index in [1.807, 2.05) is 19.1 Å². The van der Waals surface area contributed by atoms with E-state index in [2.05, 4.69) is 0 Å². The average molecular weight is 328 g/mol. The van der Waals surface area contributed by atoms with E-state index in [4.69, 9.17) is 5.11 Å². The second kappa shape index (κ2) is 6.40. The monoisotopic (exact) mass is 328 g/mol. The number of carboxylic acids is 1. The van der Waals surface area contributed by atoms with Gasteiger partial charge in [-0.1, -0.05) is 19.1 Å². The molecule has 0 spiro atoms. The van der Waals surface area contributed by atoms with Gasteiger partial charge in [0, 0.05) is 10.6 Å². The van der Waals surface area contributed by atoms with Gasteiger partial charge in [-0.2, -0.15) is 0 Å². The van der Waals surface area contributed by atoms with Crippen LogP contribution in [-0.4, -0.2) is 31.0 Å². The fourth-order valence-corrected chi connectivity index (χ4v) is 5.52. The van der Waals surface area contributed by atoms with Gasteiger partial charge in [-0.05, 0) is 36.8 Å². The highest BCUT2D eigenvalue weighted by Gasteiger charge is 2.44. The summed E-state index contributed by atoms with van der Waals surface area (Å²) in [4.78, 5) is 12.0. The number of thioether (sulfide) groups is 1. The highest BCUT2D eigenvalue weighted by atomic mass is 32.2. The lowest BCUT2D eigenvalue weighted by Gasteiger charge is -2.14. The van der Waals surface area contributed by atoms with E-state index in [0.717, 1.165) is 17.7 Å². The molecule has 6 heteroatoms. The summed E-state index contributed by atoms with van der Waals surface area (Å²) in [5, 5.41) is 8.93. The number of aliphatic carboxylic acids is 1. The fourth-order valence-electron chi connectivity index (χ4n) is 2.31. The Balaban J connectivity index is 2.13. The third-order valence-corrected chi connectivity index (χ3v) is 7.20. The van der Waals surface area contributed by atoms with Gasteiger partial charge >= 0.3 is 5.97 Å². The summed E-state index contributed by atoms with van der Waals surface area (Å²) in [6.07, 6.45) is 2.58. The van der Waals surface area contributed by atoms with Crippen LogP contribution in [0.1, 0.15) is 32.6 Å². The molecule has 116 valence electrons. The zero-order chi connectivity index (χ0) is 15.5. The molecule has 0 atom stereocenters. The molecule has 0 aromatic heterocycles. The van der Waals surface area contributed by atoms with Crippen LogP contribution in [0.3, 0.4) is 0 Å². The minimum absolute atomic E-state index is 0.141. The normalized spacial score (nSPS) is 16.6. The first-order chi connectivity index (χ1) is 9.88. The molecule has 0 saturated heterocycles. The van der Waals surface area contributed by atoms with E-state index in [-0.39, 0.29) is 17.6 Å². The van der Waals surface area contributed by atoms with E-state index >= 15 is 0 Å². The molecule has 1 fully saturated rings. The molecular weight excluding hydrogens is 308 g/mol. The standard InChI is InChI=1S/C15H20O4S2/c1-2-9-21(18,19)13-6-4-3-5-12(13)20-11-15(7-8-15)10-14(16)17/h3-6H,2,7-11H2,1H3,(H,16,17). The van der Waals surface area contributed by atoms with Crippen molar-refractivity contribution in [3.05, 3.63) is 24.3 Å². The number of sulfone groups is 1. The average Bonchev–Trinajstić information content (AvgIpc) is 3.16. The quantitative estimate of drug-likeness (QED) is 0.742. The maximum atomic E-state index is 12.3. The maximum Gasteiger partial charge on any atom is 0.303 e. The van der Waals surface area contributed by atoms with Crippen molar-refractivity contribution in [2.24, 2.45) is 5.41 Å². The van der Waals surface area contributed by atoms with Gasteiger partial charge in [-0.15, -0.1) is 11.8 Å². The summed E-state index contributed by atoms with van der Waals surface area (Å²) in [6, 6.07) is 7.01. The van der Waals surface area contributed by atoms with Crippen molar-refractivity contribution in [2.45, 2.75) is 42.4 Å². The summed E-state index contributed by atoms with van der Waals surface area (Å²) in [6.45, 7) is 1.85. The first-order valence-electron chi connectivity index (χ1n) is 7.05. The van der Waals surface area contributed by atoms with Gasteiger partial charge in [-0.25, -0.2) is 8.42 Å². The molecule has 0 unspecified atom stereocenters. The lowest BCUT2D eigenvalue weighted by Crippen LogP contribution is -2.12. The van der Waals surface area contributed by atoms with Crippen LogP contribution < -0.4 is 0 Å². The van der Waals surface area contributed by atoms with Crippen LogP contribution in [0.15, 0.2) is 34.1 Å². The summed E-state index contributed by atoms with van der Waals surface area (Å²) in [5.74, 6) is 0.0305. The van der Waals surface area contributed by atoms with Crippen LogP contribution in [0.2, 0.25) is 0 Å². The second-order valence-corrected chi connectivity index (χ2v) is 8.72. The summed E-state index contributed by atoms with van der Waals surface area (Å²) in [5.41, 5.74) is -0.141. The second-order valence-electron chi connectivity index (χ2n) is 5.62. The van der Waals surface area contributed by atoms with Crippen molar-refractivity contribution >= 4 is 27.6 Å². The van der Waals surface area contributed by atoms with Gasteiger partial charge in [0.15, 0.2) is 9.84 Å². The largest absolute Gasteiger partial charge is 0.481 e. The Morgan fingerprint density at radius 2 is 2.00 bits per heavy atom. The number of benzene rings is 1. The number of carbonyl (C=O) groups is 1. The van der Waals surface area contributed by atoms with Crippen LogP contribution >= 0.6 is 11.8 Å². The molecule has 0 radical (unpaired) electrons. The first-order valence-corrected chi connectivity index (χ1v) is 9.69. The van der Waals surface area contributed by atoms with E-state index in [0.29, 0.717) is 17.1 Å². The minimum Gasteiger partial charge on any atom is -0.481 e. The molecule has 1 aliphatic rings. The van der Waals surface area contributed by atoms with Crippen LogP contribution in [0.5, 0.6) is 0 Å². The zero-order valence-corrected chi connectivity index (χ0v) is 13.7. The predicted molar refractivity (Wildman–Crippen MR) is 83.4 cm³/mol. The fraction of sp³-hybridized carbons (Fsp3) is 0.533. The minimum atomic E-state index is -3.25. The van der Waals surface area contributed by atoms with Gasteiger partial charge in [0.25, 0.3) is 0 Å². The van der Waals surface area contributed by atoms with E-state index in [9.17, 15) is 13.2 Å². The molecule has 4 nitrogen and oxygen atoms in total. The lowest BCUT2D eigenvalue weighted by atomic mass is 10.1. The van der Waals surface area contributed by atoms with E-state index in [1.54, 1.807) is 12.1 Å². The van der Waals surface area contributed by atoms with Crippen LogP contribution in [0.4, 0.5) is 0 Å². The topological polar surface area (TPSA) is 71.4 Å². The van der Waals surface area contributed by atoms with Crippen LogP contribution in [-0.2, 0) is 14.6 Å². The number of hydrogen-bond donors (Lipinski definition) is 1. The number of rotatable bonds is 8. The predicted octanol–water partition coefficient (Wildman–Crippen LogP) is 3.22. The molecule has 1 N–H and O–H groups in total. The van der Waals surface area contributed by atoms with Gasteiger partial charge in [0.05, 0.1) is 17.1 Å². The Hall–Kier alpha value is -1.01. The molecule has 1 aliphatic carbocycles. The molecule has 1 saturated carbocycles. The number of hydrogen-bond acceptors (Lipinski definition) is 4. The zero-order valence-electron chi connectivity index (χ0n) is 12.0. The molecular formula is C15H20O4S2. The van der Waals surface area contributed by atoms with Crippen LogP contribution in [0, 0.1) is 5.41 Å². The van der Waals surface area contributed by atoms with Gasteiger partial charge in [0.2, 0.25) is 0 Å². The van der Waals surface area contributed by atoms with E-state index < -0.39 is 15.8 Å². The summed E-state index contributed by atoms with van der Waals surface area (Å²) >= 11 is 1.47. The van der Waals surface area contributed by atoms with Crippen molar-refractivity contribution in [1.29, 1.82) is 0 Å². The highest BCUT2D eigenvalue weighted by molar-refractivity contribution is 8.00. The Kier molecular flexibility index (Phi) is 4.99. The van der Waals surface area contributed by atoms with E-state index in [1.165, 1.54) is 11.8 Å². The van der Waals surface area contributed by atoms with Crippen molar-refractivity contribution in [1.82, 2.24) is 0 Å². The molecule has 0 amide bonds. The smallest absolute Gasteiger partial charge is 0.303 e.